The molecule has 5 nitrogen and oxygen atoms in total. The highest BCUT2D eigenvalue weighted by Gasteiger charge is 2.19. The maximum absolute atomic E-state index is 8.52. The maximum atomic E-state index is 8.52. The fourth-order valence-corrected chi connectivity index (χ4v) is 3.91. The number of hydrogen-bond donors (Lipinski definition) is 0. The lowest BCUT2D eigenvalue weighted by Crippen LogP contribution is -2.46. The van der Waals surface area contributed by atoms with Crippen LogP contribution in [0.4, 0.5) is 0 Å². The summed E-state index contributed by atoms with van der Waals surface area (Å²) in [6.45, 7) is 22.1. The van der Waals surface area contributed by atoms with Gasteiger partial charge in [-0.25, -0.2) is 0 Å². The predicted molar refractivity (Wildman–Crippen MR) is 140 cm³/mol. The average molecular weight is 481 g/mol. The summed E-state index contributed by atoms with van der Waals surface area (Å²) in [5, 5.41) is 0. The van der Waals surface area contributed by atoms with Crippen LogP contribution in [-0.4, -0.2) is 62.3 Å². The molecule has 0 rings (SSSR count). The Kier molecular flexibility index (Phi) is 29.4. The number of hydrogen-bond acceptors (Lipinski definition) is 3. The van der Waals surface area contributed by atoms with Gasteiger partial charge < -0.3 is 23.3 Å². The maximum Gasteiger partial charge on any atom is 0.0784 e. The van der Waals surface area contributed by atoms with Crippen LogP contribution >= 0.6 is 8.25 Å². The highest BCUT2D eigenvalue weighted by atomic mass is 31.1. The second kappa shape index (κ2) is 25.7. The lowest BCUT2D eigenvalue weighted by Gasteiger charge is -2.34. The first-order chi connectivity index (χ1) is 15.1. The Morgan fingerprint density at radius 2 is 0.594 bits per heavy atom. The molecule has 0 atom stereocenters. The van der Waals surface area contributed by atoms with E-state index in [2.05, 4.69) is 55.6 Å². The molecular weight excluding hydrogens is 419 g/mol. The molecule has 6 heteroatoms. The topological polar surface area (TPSA) is 63.2 Å². The largest absolute Gasteiger partial charge is 0.813 e. The van der Waals surface area contributed by atoms with Crippen molar-refractivity contribution in [1.29, 1.82) is 0 Å². The van der Waals surface area contributed by atoms with E-state index < -0.39 is 8.25 Å². The molecule has 0 amide bonds. The molecule has 0 bridgehead atoms. The van der Waals surface area contributed by atoms with Gasteiger partial charge in [0.05, 0.1) is 53.4 Å². The highest BCUT2D eigenvalue weighted by molar-refractivity contribution is 7.27. The summed E-state index contributed by atoms with van der Waals surface area (Å²) in [4.78, 5) is 17.0. The van der Waals surface area contributed by atoms with E-state index in [1.165, 1.54) is 125 Å². The van der Waals surface area contributed by atoms with Gasteiger partial charge >= 0.3 is 0 Å². The van der Waals surface area contributed by atoms with Crippen molar-refractivity contribution in [3.8, 4) is 0 Å². The predicted octanol–water partition coefficient (Wildman–Crippen LogP) is 5.76. The Bertz CT molecular complexity index is 318. The lowest BCUT2D eigenvalue weighted by molar-refractivity contribution is -0.910. The van der Waals surface area contributed by atoms with Gasteiger partial charge in [-0.1, -0.05) is 88.3 Å². The summed E-state index contributed by atoms with van der Waals surface area (Å²) in [6, 6.07) is 0. The highest BCUT2D eigenvalue weighted by Crippen LogP contribution is 2.11. The third kappa shape index (κ3) is 28.1. The van der Waals surface area contributed by atoms with Gasteiger partial charge in [0.1, 0.15) is 0 Å². The first-order valence-electron chi connectivity index (χ1n) is 13.6. The Morgan fingerprint density at radius 3 is 0.688 bits per heavy atom. The molecule has 0 aliphatic carbocycles. The van der Waals surface area contributed by atoms with Crippen molar-refractivity contribution < 1.29 is 23.3 Å². The van der Waals surface area contributed by atoms with E-state index in [9.17, 15) is 0 Å². The Hall–Kier alpha value is 0.0700. The number of rotatable bonds is 18. The van der Waals surface area contributed by atoms with Crippen LogP contribution in [0.25, 0.3) is 0 Å². The smallest absolute Gasteiger partial charge is 0.0784 e. The van der Waals surface area contributed by atoms with Crippen LogP contribution in [0, 0.1) is 0 Å². The van der Waals surface area contributed by atoms with Crippen LogP contribution < -0.4 is 9.79 Å². The van der Waals surface area contributed by atoms with Gasteiger partial charge in [-0.2, -0.15) is 0 Å². The monoisotopic (exact) mass is 480 g/mol. The summed E-state index contributed by atoms with van der Waals surface area (Å²) in [7, 11) is 1.26. The van der Waals surface area contributed by atoms with Crippen molar-refractivity contribution in [2.24, 2.45) is 0 Å². The zero-order valence-corrected chi connectivity index (χ0v) is 24.3. The molecule has 0 aromatic rings. The molecule has 0 radical (unpaired) electrons. The fourth-order valence-electron chi connectivity index (χ4n) is 3.91. The summed E-state index contributed by atoms with van der Waals surface area (Å²) in [5.41, 5.74) is 0. The molecule has 0 N–H and O–H groups in total. The minimum atomic E-state index is -3.63. The first-order valence-corrected chi connectivity index (χ1v) is 14.9. The number of nitrogens with zero attached hydrogens (tertiary/aromatic N) is 2. The van der Waals surface area contributed by atoms with Crippen LogP contribution in [0.15, 0.2) is 0 Å². The van der Waals surface area contributed by atoms with Crippen molar-refractivity contribution in [3.05, 3.63) is 0 Å². The van der Waals surface area contributed by atoms with Gasteiger partial charge in [-0.15, -0.1) is 0 Å². The van der Waals surface area contributed by atoms with E-state index in [0.717, 1.165) is 0 Å². The molecule has 0 aliphatic heterocycles. The van der Waals surface area contributed by atoms with Gasteiger partial charge in [0.2, 0.25) is 0 Å². The van der Waals surface area contributed by atoms with Crippen molar-refractivity contribution >= 4 is 8.25 Å². The van der Waals surface area contributed by atoms with Crippen molar-refractivity contribution in [2.75, 3.05) is 53.4 Å². The molecule has 0 spiro atoms. The summed E-state index contributed by atoms with van der Waals surface area (Å²) < 4.78 is 11.1. The average Bonchev–Trinajstić information content (AvgIpc) is 2.76. The molecule has 0 saturated carbocycles. The third-order valence-electron chi connectivity index (χ3n) is 6.31. The van der Waals surface area contributed by atoms with E-state index in [1.807, 2.05) is 0 Å². The van der Waals surface area contributed by atoms with E-state index >= 15 is 0 Å². The Labute approximate surface area is 203 Å². The van der Waals surface area contributed by atoms with Crippen molar-refractivity contribution in [1.82, 2.24) is 0 Å². The normalized spacial score (nSPS) is 11.6. The zero-order chi connectivity index (χ0) is 25.3. The molecule has 0 saturated heterocycles. The summed E-state index contributed by atoms with van der Waals surface area (Å²) in [6.07, 6.45) is 16.4. The van der Waals surface area contributed by atoms with Crippen molar-refractivity contribution in [2.45, 2.75) is 119 Å². The van der Waals surface area contributed by atoms with Crippen LogP contribution in [0.1, 0.15) is 119 Å². The van der Waals surface area contributed by atoms with E-state index in [1.54, 1.807) is 0 Å². The van der Waals surface area contributed by atoms with Gasteiger partial charge in [0, 0.05) is 0 Å². The Morgan fingerprint density at radius 1 is 0.469 bits per heavy atom. The minimum Gasteiger partial charge on any atom is -0.813 e. The molecule has 0 aromatic heterocycles. The van der Waals surface area contributed by atoms with E-state index in [-0.39, 0.29) is 0 Å². The first kappa shape index (κ1) is 36.6. The number of quaternary nitrogens is 2. The molecule has 32 heavy (non-hydrogen) atoms. The van der Waals surface area contributed by atoms with Crippen molar-refractivity contribution in [3.63, 3.8) is 0 Å². The molecule has 198 valence electrons. The molecule has 0 aromatic carbocycles. The van der Waals surface area contributed by atoms with Gasteiger partial charge in [-0.05, 0) is 38.5 Å². The standard InChI is InChI=1S/2C13H30N.H3O3P/c2*1-5-8-11-14(4,12-9-6-2)13-10-7-3;1-4(2)3/h2*5-13H2,1-4H3;4H,(H2,1,2,3)/q2*+1;/p-2. The molecule has 0 heterocycles. The quantitative estimate of drug-likeness (QED) is 0.185. The SMILES string of the molecule is CCCC[N+](C)(CCCC)CCCC.CCCC[N+](C)(CCCC)CCCC.O=[PH]([O-])[O-]. The molecule has 0 aliphatic rings. The molecule has 0 fully saturated rings. The van der Waals surface area contributed by atoms with Crippen LogP contribution in [0.5, 0.6) is 0 Å². The van der Waals surface area contributed by atoms with Crippen LogP contribution in [-0.2, 0) is 4.57 Å². The zero-order valence-electron chi connectivity index (χ0n) is 23.3. The van der Waals surface area contributed by atoms with Crippen LogP contribution in [0.3, 0.4) is 0 Å². The second-order valence-corrected chi connectivity index (χ2v) is 10.5. The minimum absolute atomic E-state index is 1.32. The summed E-state index contributed by atoms with van der Waals surface area (Å²) in [5.74, 6) is 0. The van der Waals surface area contributed by atoms with Gasteiger partial charge in [0.25, 0.3) is 0 Å². The lowest BCUT2D eigenvalue weighted by atomic mass is 10.2. The fraction of sp³-hybridized carbons (Fsp3) is 1.00. The van der Waals surface area contributed by atoms with E-state index in [0.29, 0.717) is 0 Å². The molecular formula is C26H61N2O3P. The van der Waals surface area contributed by atoms with Crippen LogP contribution in [0.2, 0.25) is 0 Å². The summed E-state index contributed by atoms with van der Waals surface area (Å²) >= 11 is 0. The van der Waals surface area contributed by atoms with Gasteiger partial charge in [0.15, 0.2) is 0 Å². The Balaban J connectivity index is -0.000000450. The number of unbranched alkanes of at least 4 members (excludes halogenated alkanes) is 6. The van der Waals surface area contributed by atoms with E-state index in [4.69, 9.17) is 14.4 Å². The third-order valence-corrected chi connectivity index (χ3v) is 6.31. The molecule has 0 unspecified atom stereocenters. The second-order valence-electron chi connectivity index (χ2n) is 9.95. The van der Waals surface area contributed by atoms with Gasteiger partial charge in [-0.3, -0.25) is 0 Å².